The maximum Gasteiger partial charge on any atom is 0.305 e. The number of rotatable bonds is 8. The van der Waals surface area contributed by atoms with Gasteiger partial charge in [0.1, 0.15) is 11.6 Å². The molecule has 34 heavy (non-hydrogen) atoms. The van der Waals surface area contributed by atoms with Gasteiger partial charge in [0, 0.05) is 51.7 Å². The molecule has 2 saturated heterocycles. The number of methoxy groups -OCH3 is 2. The van der Waals surface area contributed by atoms with E-state index < -0.39 is 0 Å². The van der Waals surface area contributed by atoms with Gasteiger partial charge in [0.15, 0.2) is 0 Å². The Bertz CT molecular complexity index is 948. The summed E-state index contributed by atoms with van der Waals surface area (Å²) in [4.78, 5) is 19.3. The van der Waals surface area contributed by atoms with E-state index in [2.05, 4.69) is 26.8 Å². The van der Waals surface area contributed by atoms with Gasteiger partial charge in [0.2, 0.25) is 0 Å². The minimum absolute atomic E-state index is 0.151. The van der Waals surface area contributed by atoms with Gasteiger partial charge in [-0.1, -0.05) is 24.3 Å². The van der Waals surface area contributed by atoms with Crippen molar-refractivity contribution in [2.75, 3.05) is 58.4 Å². The summed E-state index contributed by atoms with van der Waals surface area (Å²) in [7, 11) is 3.17. The van der Waals surface area contributed by atoms with E-state index in [0.29, 0.717) is 18.4 Å². The minimum atomic E-state index is -0.192. The van der Waals surface area contributed by atoms with Crippen LogP contribution < -0.4 is 9.64 Å². The number of carbonyl (C=O) groups is 1. The van der Waals surface area contributed by atoms with Crippen LogP contribution in [0.2, 0.25) is 0 Å². The molecule has 0 aromatic heterocycles. The zero-order valence-corrected chi connectivity index (χ0v) is 20.3. The van der Waals surface area contributed by atoms with Gasteiger partial charge in [-0.3, -0.25) is 14.6 Å². The zero-order chi connectivity index (χ0) is 23.9. The van der Waals surface area contributed by atoms with Crippen LogP contribution in [0.1, 0.15) is 24.8 Å². The zero-order valence-electron chi connectivity index (χ0n) is 20.3. The summed E-state index contributed by atoms with van der Waals surface area (Å²) in [6.07, 6.45) is 2.30. The summed E-state index contributed by atoms with van der Waals surface area (Å²) in [6, 6.07) is 15.5. The van der Waals surface area contributed by atoms with Gasteiger partial charge in [-0.2, -0.15) is 0 Å². The number of nitrogens with zero attached hydrogens (tertiary/aromatic N) is 3. The first-order valence-electron chi connectivity index (χ1n) is 12.2. The first-order chi connectivity index (χ1) is 16.6. The Morgan fingerprint density at radius 3 is 2.56 bits per heavy atom. The highest BCUT2D eigenvalue weighted by Crippen LogP contribution is 2.31. The molecule has 2 aromatic carbocycles. The standard InChI is InChI=1S/C27H36FN3O3/c1-33-26-9-4-3-8-25(26)31-16-14-30(15-17-31)24-12-13-29(19-21-6-5-7-23(28)18-21)20-22(24)10-11-27(32)34-2/h3-9,18,22,24H,10-17,19-20H2,1-2H3/t22-,24+/m0/s1. The van der Waals surface area contributed by atoms with Crippen molar-refractivity contribution in [3.63, 3.8) is 0 Å². The molecule has 6 nitrogen and oxygen atoms in total. The second-order valence-corrected chi connectivity index (χ2v) is 9.29. The number of carbonyl (C=O) groups excluding carboxylic acids is 1. The van der Waals surface area contributed by atoms with Crippen LogP contribution in [-0.4, -0.2) is 75.3 Å². The maximum absolute atomic E-state index is 13.7. The second-order valence-electron chi connectivity index (χ2n) is 9.29. The number of likely N-dealkylation sites (tertiary alicyclic amines) is 1. The van der Waals surface area contributed by atoms with E-state index in [0.717, 1.165) is 75.7 Å². The van der Waals surface area contributed by atoms with Crippen molar-refractivity contribution < 1.29 is 18.7 Å². The normalized spacial score (nSPS) is 21.9. The van der Waals surface area contributed by atoms with Crippen molar-refractivity contribution in [3.8, 4) is 5.75 Å². The number of benzene rings is 2. The molecule has 7 heteroatoms. The number of ether oxygens (including phenoxy) is 2. The van der Waals surface area contributed by atoms with Crippen molar-refractivity contribution in [2.45, 2.75) is 31.8 Å². The Labute approximate surface area is 202 Å². The van der Waals surface area contributed by atoms with Crippen molar-refractivity contribution >= 4 is 11.7 Å². The number of piperazine rings is 1. The Morgan fingerprint density at radius 1 is 1.03 bits per heavy atom. The van der Waals surface area contributed by atoms with Crippen LogP contribution in [-0.2, 0) is 16.1 Å². The van der Waals surface area contributed by atoms with Gasteiger partial charge in [-0.15, -0.1) is 0 Å². The molecule has 0 amide bonds. The Morgan fingerprint density at radius 2 is 1.82 bits per heavy atom. The molecule has 0 N–H and O–H groups in total. The molecule has 2 fully saturated rings. The number of piperidine rings is 1. The molecule has 0 unspecified atom stereocenters. The van der Waals surface area contributed by atoms with Gasteiger partial charge in [0.25, 0.3) is 0 Å². The van der Waals surface area contributed by atoms with Gasteiger partial charge in [-0.05, 0) is 55.1 Å². The summed E-state index contributed by atoms with van der Waals surface area (Å²) >= 11 is 0. The van der Waals surface area contributed by atoms with E-state index in [4.69, 9.17) is 9.47 Å². The number of anilines is 1. The molecule has 2 aliphatic rings. The molecule has 184 valence electrons. The monoisotopic (exact) mass is 469 g/mol. The number of para-hydroxylation sites is 2. The molecular formula is C27H36FN3O3. The van der Waals surface area contributed by atoms with Crippen LogP contribution in [0.25, 0.3) is 0 Å². The predicted molar refractivity (Wildman–Crippen MR) is 132 cm³/mol. The molecule has 2 heterocycles. The highest BCUT2D eigenvalue weighted by atomic mass is 19.1. The molecular weight excluding hydrogens is 433 g/mol. The van der Waals surface area contributed by atoms with Gasteiger partial charge >= 0.3 is 5.97 Å². The average Bonchev–Trinajstić information content (AvgIpc) is 2.87. The summed E-state index contributed by atoms with van der Waals surface area (Å²) in [5.41, 5.74) is 2.15. The van der Waals surface area contributed by atoms with Crippen LogP contribution >= 0.6 is 0 Å². The Kier molecular flexibility index (Phi) is 8.40. The fourth-order valence-electron chi connectivity index (χ4n) is 5.49. The minimum Gasteiger partial charge on any atom is -0.495 e. The third-order valence-corrected chi connectivity index (χ3v) is 7.23. The van der Waals surface area contributed by atoms with Crippen molar-refractivity contribution in [1.29, 1.82) is 0 Å². The van der Waals surface area contributed by atoms with E-state index in [9.17, 15) is 9.18 Å². The first kappa shape index (κ1) is 24.5. The number of esters is 1. The largest absolute Gasteiger partial charge is 0.495 e. The van der Waals surface area contributed by atoms with Crippen LogP contribution in [0.15, 0.2) is 48.5 Å². The van der Waals surface area contributed by atoms with Crippen LogP contribution in [0, 0.1) is 11.7 Å². The fraction of sp³-hybridized carbons (Fsp3) is 0.519. The van der Waals surface area contributed by atoms with Gasteiger partial charge in [-0.25, -0.2) is 4.39 Å². The lowest BCUT2D eigenvalue weighted by Gasteiger charge is -2.47. The average molecular weight is 470 g/mol. The second kappa shape index (κ2) is 11.7. The lowest BCUT2D eigenvalue weighted by molar-refractivity contribution is -0.141. The van der Waals surface area contributed by atoms with E-state index in [1.54, 1.807) is 19.2 Å². The van der Waals surface area contributed by atoms with Crippen LogP contribution in [0.4, 0.5) is 10.1 Å². The molecule has 2 aromatic rings. The van der Waals surface area contributed by atoms with Crippen molar-refractivity contribution in [3.05, 3.63) is 59.9 Å². The first-order valence-corrected chi connectivity index (χ1v) is 12.2. The molecule has 0 radical (unpaired) electrons. The van der Waals surface area contributed by atoms with E-state index in [-0.39, 0.29) is 11.8 Å². The molecule has 2 atom stereocenters. The lowest BCUT2D eigenvalue weighted by atomic mass is 9.86. The fourth-order valence-corrected chi connectivity index (χ4v) is 5.49. The van der Waals surface area contributed by atoms with Crippen LogP contribution in [0.3, 0.4) is 0 Å². The summed E-state index contributed by atoms with van der Waals surface area (Å²) in [5, 5.41) is 0. The van der Waals surface area contributed by atoms with E-state index >= 15 is 0 Å². The third kappa shape index (κ3) is 6.07. The van der Waals surface area contributed by atoms with Crippen molar-refractivity contribution in [2.24, 2.45) is 5.92 Å². The molecule has 0 spiro atoms. The van der Waals surface area contributed by atoms with Crippen LogP contribution in [0.5, 0.6) is 5.75 Å². The maximum atomic E-state index is 13.7. The SMILES string of the molecule is COC(=O)CC[C@H]1CN(Cc2cccc(F)c2)CC[C@H]1N1CCN(c2ccccc2OC)CC1. The van der Waals surface area contributed by atoms with E-state index in [1.807, 2.05) is 18.2 Å². The molecule has 0 bridgehead atoms. The number of hydrogen-bond donors (Lipinski definition) is 0. The summed E-state index contributed by atoms with van der Waals surface area (Å²) in [5.74, 6) is 0.946. The highest BCUT2D eigenvalue weighted by Gasteiger charge is 2.35. The quantitative estimate of drug-likeness (QED) is 0.548. The van der Waals surface area contributed by atoms with E-state index in [1.165, 1.54) is 13.2 Å². The Hall–Kier alpha value is -2.64. The number of hydrogen-bond acceptors (Lipinski definition) is 6. The topological polar surface area (TPSA) is 45.2 Å². The smallest absolute Gasteiger partial charge is 0.305 e. The molecule has 0 aliphatic carbocycles. The van der Waals surface area contributed by atoms with Gasteiger partial charge < -0.3 is 14.4 Å². The van der Waals surface area contributed by atoms with Crippen molar-refractivity contribution in [1.82, 2.24) is 9.80 Å². The number of halogens is 1. The van der Waals surface area contributed by atoms with Gasteiger partial charge in [0.05, 0.1) is 19.9 Å². The molecule has 0 saturated carbocycles. The molecule has 4 rings (SSSR count). The molecule has 2 aliphatic heterocycles. The Balaban J connectivity index is 1.40. The third-order valence-electron chi connectivity index (χ3n) is 7.23. The summed E-state index contributed by atoms with van der Waals surface area (Å²) < 4.78 is 24.1. The summed E-state index contributed by atoms with van der Waals surface area (Å²) in [6.45, 7) is 6.50. The predicted octanol–water partition coefficient (Wildman–Crippen LogP) is 3.80. The lowest BCUT2D eigenvalue weighted by Crippen LogP contribution is -2.56. The highest BCUT2D eigenvalue weighted by molar-refractivity contribution is 5.69.